The number of benzene rings is 2. The SMILES string of the molecule is CCOC(=O)CC(NC(=O)C(CC(C)C)n1nc(CCN2CC(F)C2)c(C)cc1=O)c1cc(-c2c(C)cc(OC)cc2C)cc(C)c1F. The maximum Gasteiger partial charge on any atom is 0.308 e. The van der Waals surface area contributed by atoms with E-state index in [1.807, 2.05) is 44.7 Å². The topological polar surface area (TPSA) is 103 Å². The summed E-state index contributed by atoms with van der Waals surface area (Å²) < 4.78 is 41.2. The average Bonchev–Trinajstić information content (AvgIpc) is 2.99. The number of amides is 1. The molecule has 1 aliphatic heterocycles. The van der Waals surface area contributed by atoms with Gasteiger partial charge < -0.3 is 14.8 Å². The first-order valence-electron chi connectivity index (χ1n) is 16.6. The zero-order valence-corrected chi connectivity index (χ0v) is 29.3. The fraction of sp³-hybridized carbons (Fsp3) is 0.514. The highest BCUT2D eigenvalue weighted by Gasteiger charge is 2.31. The molecule has 260 valence electrons. The Balaban J connectivity index is 1.74. The Morgan fingerprint density at radius 3 is 2.27 bits per heavy atom. The van der Waals surface area contributed by atoms with E-state index in [4.69, 9.17) is 9.47 Å². The highest BCUT2D eigenvalue weighted by atomic mass is 19.1. The molecular formula is C37H48F2N4O5. The number of carbonyl (C=O) groups excluding carboxylic acids is 2. The number of likely N-dealkylation sites (tertiary alicyclic amines) is 1. The van der Waals surface area contributed by atoms with Crippen LogP contribution < -0.4 is 15.6 Å². The molecule has 4 rings (SSSR count). The summed E-state index contributed by atoms with van der Waals surface area (Å²) in [5, 5.41) is 7.54. The number of hydrogen-bond acceptors (Lipinski definition) is 7. The summed E-state index contributed by atoms with van der Waals surface area (Å²) in [6.07, 6.45) is -0.383. The molecule has 3 aromatic rings. The second-order valence-corrected chi connectivity index (χ2v) is 13.2. The van der Waals surface area contributed by atoms with Gasteiger partial charge in [0, 0.05) is 37.7 Å². The van der Waals surface area contributed by atoms with Crippen LogP contribution in [0.4, 0.5) is 8.78 Å². The molecule has 0 saturated carbocycles. The summed E-state index contributed by atoms with van der Waals surface area (Å²) in [6, 6.07) is 6.55. The maximum atomic E-state index is 16.0. The minimum atomic E-state index is -1.09. The standard InChI is InChI=1S/C37H48F2N4O5/c1-9-48-34(45)18-31(29-17-26(13-25(7)36(29)39)35-23(5)14-28(47-8)15-24(35)6)40-37(46)32(12-21(2)3)43-33(44)16-22(4)30(41-43)10-11-42-19-27(38)20-42/h13-17,21,27,31-32H,9-12,18-20H2,1-8H3,(H,40,46). The first-order chi connectivity index (χ1) is 22.7. The number of alkyl halides is 1. The molecule has 0 bridgehead atoms. The van der Waals surface area contributed by atoms with E-state index in [9.17, 15) is 18.8 Å². The highest BCUT2D eigenvalue weighted by Crippen LogP contribution is 2.35. The Morgan fingerprint density at radius 1 is 1.02 bits per heavy atom. The molecule has 1 saturated heterocycles. The van der Waals surface area contributed by atoms with Gasteiger partial charge in [-0.2, -0.15) is 5.10 Å². The predicted molar refractivity (Wildman–Crippen MR) is 181 cm³/mol. The van der Waals surface area contributed by atoms with Crippen LogP contribution in [0, 0.1) is 39.4 Å². The Morgan fingerprint density at radius 2 is 1.69 bits per heavy atom. The van der Waals surface area contributed by atoms with E-state index in [0.29, 0.717) is 48.6 Å². The zero-order chi connectivity index (χ0) is 35.3. The van der Waals surface area contributed by atoms with Crippen molar-refractivity contribution in [2.45, 2.75) is 86.0 Å². The van der Waals surface area contributed by atoms with E-state index in [2.05, 4.69) is 10.4 Å². The van der Waals surface area contributed by atoms with Crippen molar-refractivity contribution in [1.82, 2.24) is 20.0 Å². The minimum Gasteiger partial charge on any atom is -0.497 e. The molecule has 0 radical (unpaired) electrons. The smallest absolute Gasteiger partial charge is 0.308 e. The number of rotatable bonds is 14. The highest BCUT2D eigenvalue weighted by molar-refractivity contribution is 5.82. The summed E-state index contributed by atoms with van der Waals surface area (Å²) in [5.74, 6) is -1.02. The van der Waals surface area contributed by atoms with Gasteiger partial charge in [-0.1, -0.05) is 13.8 Å². The molecule has 1 amide bonds. The third-order valence-electron chi connectivity index (χ3n) is 8.80. The van der Waals surface area contributed by atoms with Crippen molar-refractivity contribution in [2.75, 3.05) is 33.4 Å². The van der Waals surface area contributed by atoms with E-state index in [1.165, 1.54) is 10.7 Å². The molecular weight excluding hydrogens is 618 g/mol. The Labute approximate surface area is 281 Å². The molecule has 48 heavy (non-hydrogen) atoms. The monoisotopic (exact) mass is 666 g/mol. The first-order valence-corrected chi connectivity index (χ1v) is 16.6. The van der Waals surface area contributed by atoms with Crippen molar-refractivity contribution in [3.05, 3.63) is 80.0 Å². The van der Waals surface area contributed by atoms with Gasteiger partial charge in [-0.3, -0.25) is 19.3 Å². The quantitative estimate of drug-likeness (QED) is 0.214. The second kappa shape index (κ2) is 15.9. The summed E-state index contributed by atoms with van der Waals surface area (Å²) >= 11 is 0. The second-order valence-electron chi connectivity index (χ2n) is 13.2. The maximum absolute atomic E-state index is 16.0. The van der Waals surface area contributed by atoms with E-state index in [1.54, 1.807) is 40.0 Å². The lowest BCUT2D eigenvalue weighted by molar-refractivity contribution is -0.144. The van der Waals surface area contributed by atoms with E-state index in [-0.39, 0.29) is 30.9 Å². The molecule has 9 nitrogen and oxygen atoms in total. The van der Waals surface area contributed by atoms with Gasteiger partial charge in [0.2, 0.25) is 5.91 Å². The molecule has 11 heteroatoms. The summed E-state index contributed by atoms with van der Waals surface area (Å²) in [4.78, 5) is 42.3. The number of nitrogens with one attached hydrogen (secondary N) is 1. The van der Waals surface area contributed by atoms with Crippen LogP contribution in [0.3, 0.4) is 0 Å². The Bertz CT molecular complexity index is 1680. The normalized spacial score (nSPS) is 14.8. The van der Waals surface area contributed by atoms with Crippen LogP contribution in [-0.2, 0) is 20.7 Å². The number of methoxy groups -OCH3 is 1. The lowest BCUT2D eigenvalue weighted by Crippen LogP contribution is -2.49. The number of carbonyl (C=O) groups is 2. The van der Waals surface area contributed by atoms with Gasteiger partial charge in [0.15, 0.2) is 0 Å². The van der Waals surface area contributed by atoms with Gasteiger partial charge in [0.05, 0.1) is 31.9 Å². The average molecular weight is 667 g/mol. The number of aryl methyl sites for hydroxylation is 4. The number of nitrogens with zero attached hydrogens (tertiary/aromatic N) is 3. The minimum absolute atomic E-state index is 0.00591. The van der Waals surface area contributed by atoms with Gasteiger partial charge in [-0.25, -0.2) is 13.5 Å². The van der Waals surface area contributed by atoms with Gasteiger partial charge in [-0.15, -0.1) is 0 Å². The number of hydrogen-bond donors (Lipinski definition) is 1. The molecule has 1 N–H and O–H groups in total. The molecule has 2 aromatic carbocycles. The third kappa shape index (κ3) is 8.66. The van der Waals surface area contributed by atoms with Crippen molar-refractivity contribution < 1.29 is 27.8 Å². The van der Waals surface area contributed by atoms with E-state index < -0.39 is 41.5 Å². The zero-order valence-electron chi connectivity index (χ0n) is 29.3. The molecule has 1 aromatic heterocycles. The van der Waals surface area contributed by atoms with Crippen LogP contribution in [0.5, 0.6) is 5.75 Å². The fourth-order valence-corrected chi connectivity index (χ4v) is 6.37. The van der Waals surface area contributed by atoms with Gasteiger partial charge in [0.25, 0.3) is 5.56 Å². The van der Waals surface area contributed by atoms with Crippen molar-refractivity contribution in [1.29, 1.82) is 0 Å². The predicted octanol–water partition coefficient (Wildman–Crippen LogP) is 5.89. The van der Waals surface area contributed by atoms with Crippen LogP contribution in [0.15, 0.2) is 35.1 Å². The first kappa shape index (κ1) is 36.7. The fourth-order valence-electron chi connectivity index (χ4n) is 6.37. The van der Waals surface area contributed by atoms with Crippen LogP contribution >= 0.6 is 0 Å². The van der Waals surface area contributed by atoms with Gasteiger partial charge >= 0.3 is 5.97 Å². The third-order valence-corrected chi connectivity index (χ3v) is 8.80. The molecule has 0 aliphatic carbocycles. The van der Waals surface area contributed by atoms with Crippen molar-refractivity contribution in [2.24, 2.45) is 5.92 Å². The van der Waals surface area contributed by atoms with Crippen LogP contribution in [0.1, 0.15) is 79.2 Å². The number of halogens is 2. The lowest BCUT2D eigenvalue weighted by Gasteiger charge is -2.34. The van der Waals surface area contributed by atoms with Crippen LogP contribution in [0.25, 0.3) is 11.1 Å². The molecule has 2 heterocycles. The van der Waals surface area contributed by atoms with Crippen molar-refractivity contribution >= 4 is 11.9 Å². The van der Waals surface area contributed by atoms with Gasteiger partial charge in [-0.05, 0) is 105 Å². The molecule has 2 unspecified atom stereocenters. The lowest BCUT2D eigenvalue weighted by atomic mass is 9.90. The Hall–Kier alpha value is -4.12. The van der Waals surface area contributed by atoms with Crippen molar-refractivity contribution in [3.8, 4) is 16.9 Å². The molecule has 0 spiro atoms. The largest absolute Gasteiger partial charge is 0.497 e. The molecule has 2 atom stereocenters. The summed E-state index contributed by atoms with van der Waals surface area (Å²) in [7, 11) is 1.60. The number of esters is 1. The summed E-state index contributed by atoms with van der Waals surface area (Å²) in [5.41, 5.74) is 4.83. The van der Waals surface area contributed by atoms with Gasteiger partial charge in [0.1, 0.15) is 23.8 Å². The van der Waals surface area contributed by atoms with E-state index in [0.717, 1.165) is 22.3 Å². The number of aromatic nitrogens is 2. The number of ether oxygens (including phenoxy) is 2. The van der Waals surface area contributed by atoms with Crippen LogP contribution in [-0.4, -0.2) is 66.1 Å². The summed E-state index contributed by atoms with van der Waals surface area (Å²) in [6.45, 7) is 14.3. The van der Waals surface area contributed by atoms with Crippen molar-refractivity contribution in [3.63, 3.8) is 0 Å². The molecule has 1 aliphatic rings. The van der Waals surface area contributed by atoms with Crippen LogP contribution in [0.2, 0.25) is 0 Å². The molecule has 1 fully saturated rings. The Kier molecular flexibility index (Phi) is 12.1. The van der Waals surface area contributed by atoms with E-state index >= 15 is 4.39 Å².